The highest BCUT2D eigenvalue weighted by atomic mass is 19.4. The van der Waals surface area contributed by atoms with Crippen molar-refractivity contribution in [2.75, 3.05) is 11.9 Å². The van der Waals surface area contributed by atoms with Crippen LogP contribution < -0.4 is 16.4 Å². The van der Waals surface area contributed by atoms with Gasteiger partial charge in [0.2, 0.25) is 5.91 Å². The summed E-state index contributed by atoms with van der Waals surface area (Å²) in [7, 11) is 0. The summed E-state index contributed by atoms with van der Waals surface area (Å²) in [6.45, 7) is 5.05. The Morgan fingerprint density at radius 3 is 2.74 bits per heavy atom. The smallest absolute Gasteiger partial charge is 0.404 e. The maximum atomic E-state index is 14.8. The van der Waals surface area contributed by atoms with E-state index in [2.05, 4.69) is 34.5 Å². The number of pyridine rings is 1. The number of nitrogens with one attached hydrogen (secondary N) is 2. The molecule has 1 aromatic carbocycles. The number of hydrogen-bond donors (Lipinski definition) is 3. The third kappa shape index (κ3) is 6.86. The molecule has 2 aromatic rings. The van der Waals surface area contributed by atoms with Gasteiger partial charge >= 0.3 is 6.18 Å². The third-order valence-electron chi connectivity index (χ3n) is 5.43. The molecule has 1 atom stereocenters. The summed E-state index contributed by atoms with van der Waals surface area (Å²) < 4.78 is 53.2. The van der Waals surface area contributed by atoms with E-state index in [1.54, 1.807) is 6.21 Å². The molecule has 34 heavy (non-hydrogen) atoms. The van der Waals surface area contributed by atoms with Gasteiger partial charge in [0.15, 0.2) is 0 Å². The molecule has 0 bridgehead atoms. The van der Waals surface area contributed by atoms with Crippen molar-refractivity contribution in [3.8, 4) is 0 Å². The van der Waals surface area contributed by atoms with Gasteiger partial charge in [-0.15, -0.1) is 0 Å². The highest BCUT2D eigenvalue weighted by Crippen LogP contribution is 2.27. The Morgan fingerprint density at radius 1 is 1.32 bits per heavy atom. The van der Waals surface area contributed by atoms with E-state index >= 15 is 0 Å². The third-order valence-corrected chi connectivity index (χ3v) is 5.43. The van der Waals surface area contributed by atoms with Gasteiger partial charge in [-0.05, 0) is 63.6 Å². The van der Waals surface area contributed by atoms with Crippen LogP contribution in [0.4, 0.5) is 23.2 Å². The Bertz CT molecular complexity index is 1100. The zero-order chi connectivity index (χ0) is 24.9. The molecule has 6 nitrogen and oxygen atoms in total. The molecule has 0 saturated carbocycles. The van der Waals surface area contributed by atoms with Crippen LogP contribution in [-0.2, 0) is 17.4 Å². The normalized spacial score (nSPS) is 18.8. The van der Waals surface area contributed by atoms with Crippen molar-refractivity contribution in [3.63, 3.8) is 0 Å². The second kappa shape index (κ2) is 10.3. The molecule has 2 heterocycles. The van der Waals surface area contributed by atoms with Crippen molar-refractivity contribution >= 4 is 23.4 Å². The van der Waals surface area contributed by atoms with Crippen molar-refractivity contribution in [2.45, 2.75) is 50.9 Å². The van der Waals surface area contributed by atoms with Crippen molar-refractivity contribution < 1.29 is 22.4 Å². The fraction of sp³-hybridized carbons (Fsp3) is 0.375. The van der Waals surface area contributed by atoms with Crippen LogP contribution in [0.5, 0.6) is 0 Å². The molecule has 0 radical (unpaired) electrons. The van der Waals surface area contributed by atoms with Crippen molar-refractivity contribution in [1.82, 2.24) is 10.3 Å². The van der Waals surface area contributed by atoms with Crippen molar-refractivity contribution in [1.29, 1.82) is 0 Å². The molecule has 1 aliphatic rings. The number of piperidine rings is 1. The van der Waals surface area contributed by atoms with Crippen LogP contribution in [0, 0.1) is 5.82 Å². The predicted octanol–water partition coefficient (Wildman–Crippen LogP) is 4.32. The first-order chi connectivity index (χ1) is 16.0. The molecule has 1 unspecified atom stereocenters. The summed E-state index contributed by atoms with van der Waals surface area (Å²) >= 11 is 0. The lowest BCUT2D eigenvalue weighted by molar-refractivity contribution is -0.141. The van der Waals surface area contributed by atoms with E-state index in [1.807, 2.05) is 0 Å². The molecule has 1 aliphatic heterocycles. The maximum absolute atomic E-state index is 14.8. The SMILES string of the molecule is CC1(C)CC(N=C/C(=C\N)c2ccc(NC(=O)Cc3cccc(C(F)(F)F)n3)cc2F)CCN1. The number of amides is 1. The predicted molar refractivity (Wildman–Crippen MR) is 124 cm³/mol. The molecule has 1 amide bonds. The number of aromatic nitrogens is 1. The van der Waals surface area contributed by atoms with Crippen LogP contribution in [-0.4, -0.2) is 35.2 Å². The van der Waals surface area contributed by atoms with E-state index in [0.717, 1.165) is 31.5 Å². The number of nitrogens with zero attached hydrogens (tertiary/aromatic N) is 2. The van der Waals surface area contributed by atoms with Crippen LogP contribution in [0.1, 0.15) is 43.6 Å². The lowest BCUT2D eigenvalue weighted by atomic mass is 9.90. The van der Waals surface area contributed by atoms with E-state index in [4.69, 9.17) is 5.73 Å². The topological polar surface area (TPSA) is 92.4 Å². The Hall–Kier alpha value is -3.27. The number of aliphatic imine (C=N–C) groups is 1. The molecule has 1 saturated heterocycles. The van der Waals surface area contributed by atoms with E-state index in [1.165, 1.54) is 30.5 Å². The molecule has 3 rings (SSSR count). The number of carbonyl (C=O) groups excluding carboxylic acids is 1. The zero-order valence-corrected chi connectivity index (χ0v) is 18.9. The van der Waals surface area contributed by atoms with Crippen molar-refractivity contribution in [3.05, 3.63) is 65.4 Å². The number of anilines is 1. The summed E-state index contributed by atoms with van der Waals surface area (Å²) in [6, 6.07) is 7.49. The van der Waals surface area contributed by atoms with Crippen LogP contribution in [0.25, 0.3) is 5.57 Å². The largest absolute Gasteiger partial charge is 0.433 e. The second-order valence-corrected chi connectivity index (χ2v) is 8.79. The fourth-order valence-electron chi connectivity index (χ4n) is 3.79. The number of carbonyl (C=O) groups is 1. The van der Waals surface area contributed by atoms with Crippen LogP contribution in [0.15, 0.2) is 47.6 Å². The van der Waals surface area contributed by atoms with E-state index < -0.39 is 23.6 Å². The van der Waals surface area contributed by atoms with Gasteiger partial charge in [-0.25, -0.2) is 9.37 Å². The first-order valence-electron chi connectivity index (χ1n) is 10.8. The minimum absolute atomic E-state index is 0.0263. The van der Waals surface area contributed by atoms with Gasteiger partial charge in [0.05, 0.1) is 18.2 Å². The number of hydrogen-bond acceptors (Lipinski definition) is 5. The lowest BCUT2D eigenvalue weighted by Crippen LogP contribution is -2.47. The van der Waals surface area contributed by atoms with Crippen molar-refractivity contribution in [2.24, 2.45) is 10.7 Å². The zero-order valence-electron chi connectivity index (χ0n) is 18.9. The number of nitrogens with two attached hydrogens (primary N) is 1. The number of allylic oxidation sites excluding steroid dienone is 1. The standard InChI is InChI=1S/C24H27F4N5O/c1-23(2)12-18(8-9-31-23)30-14-15(13-29)19-7-6-17(10-20(19)25)33-22(34)11-16-4-3-5-21(32-16)24(26,27)28/h3-7,10,13-14,18,31H,8-9,11-12,29H2,1-2H3,(H,33,34)/b15-13+,30-14?. The molecule has 4 N–H and O–H groups in total. The highest BCUT2D eigenvalue weighted by Gasteiger charge is 2.32. The van der Waals surface area contributed by atoms with Gasteiger partial charge in [0, 0.05) is 34.8 Å². The van der Waals surface area contributed by atoms with Crippen LogP contribution in [0.3, 0.4) is 0 Å². The van der Waals surface area contributed by atoms with Crippen LogP contribution >= 0.6 is 0 Å². The molecule has 0 aliphatic carbocycles. The van der Waals surface area contributed by atoms with Gasteiger partial charge in [-0.3, -0.25) is 9.79 Å². The Balaban J connectivity index is 1.66. The lowest BCUT2D eigenvalue weighted by Gasteiger charge is -2.34. The fourth-order valence-corrected chi connectivity index (χ4v) is 3.79. The average molecular weight is 478 g/mol. The number of rotatable bonds is 6. The number of benzene rings is 1. The summed E-state index contributed by atoms with van der Waals surface area (Å²) in [5.41, 5.74) is 5.33. The number of alkyl halides is 3. The Morgan fingerprint density at radius 2 is 2.09 bits per heavy atom. The average Bonchev–Trinajstić information content (AvgIpc) is 2.74. The van der Waals surface area contributed by atoms with Gasteiger partial charge in [-0.1, -0.05) is 6.07 Å². The van der Waals surface area contributed by atoms with Gasteiger partial charge in [0.25, 0.3) is 0 Å². The molecule has 10 heteroatoms. The second-order valence-electron chi connectivity index (χ2n) is 8.79. The summed E-state index contributed by atoms with van der Waals surface area (Å²) in [5.74, 6) is -1.24. The molecule has 1 fully saturated rings. The maximum Gasteiger partial charge on any atom is 0.433 e. The monoisotopic (exact) mass is 477 g/mol. The molecule has 182 valence electrons. The minimum Gasteiger partial charge on any atom is -0.404 e. The molecule has 1 aromatic heterocycles. The Labute approximate surface area is 195 Å². The van der Waals surface area contributed by atoms with Gasteiger partial charge in [-0.2, -0.15) is 13.2 Å². The highest BCUT2D eigenvalue weighted by molar-refractivity contribution is 6.10. The summed E-state index contributed by atoms with van der Waals surface area (Å²) in [5, 5.41) is 5.89. The molecule has 0 spiro atoms. The minimum atomic E-state index is -4.60. The quantitative estimate of drug-likeness (QED) is 0.427. The van der Waals surface area contributed by atoms with E-state index in [0.29, 0.717) is 5.57 Å². The van der Waals surface area contributed by atoms with E-state index in [9.17, 15) is 22.4 Å². The van der Waals surface area contributed by atoms with Crippen LogP contribution in [0.2, 0.25) is 0 Å². The number of halogens is 4. The first-order valence-corrected chi connectivity index (χ1v) is 10.8. The summed E-state index contributed by atoms with van der Waals surface area (Å²) in [4.78, 5) is 20.3. The molecular weight excluding hydrogens is 450 g/mol. The van der Waals surface area contributed by atoms with E-state index in [-0.39, 0.29) is 34.9 Å². The van der Waals surface area contributed by atoms with Gasteiger partial charge in [0.1, 0.15) is 11.5 Å². The Kier molecular flexibility index (Phi) is 7.71. The molecular formula is C24H27F4N5O. The van der Waals surface area contributed by atoms with Gasteiger partial charge < -0.3 is 16.4 Å². The first kappa shape index (κ1) is 25.4. The summed E-state index contributed by atoms with van der Waals surface area (Å²) in [6.07, 6.45) is -0.456.